The van der Waals surface area contributed by atoms with Crippen LogP contribution in [-0.4, -0.2) is 20.3 Å². The first kappa shape index (κ1) is 15.8. The van der Waals surface area contributed by atoms with Crippen LogP contribution in [0, 0.1) is 0 Å². The van der Waals surface area contributed by atoms with Crippen LogP contribution in [0.1, 0.15) is 17.2 Å². The van der Waals surface area contributed by atoms with Crippen LogP contribution in [0.5, 0.6) is 5.75 Å². The number of hydrogen-bond acceptors (Lipinski definition) is 4. The van der Waals surface area contributed by atoms with E-state index in [1.807, 2.05) is 48.5 Å². The van der Waals surface area contributed by atoms with E-state index >= 15 is 0 Å². The van der Waals surface area contributed by atoms with Gasteiger partial charge in [-0.2, -0.15) is 0 Å². The Morgan fingerprint density at radius 1 is 1.14 bits per heavy atom. The van der Waals surface area contributed by atoms with Gasteiger partial charge in [-0.3, -0.25) is 5.84 Å². The number of benzene rings is 2. The molecule has 0 fully saturated rings. The van der Waals surface area contributed by atoms with Gasteiger partial charge < -0.3 is 9.47 Å². The van der Waals surface area contributed by atoms with Crippen LogP contribution < -0.4 is 16.0 Å². The summed E-state index contributed by atoms with van der Waals surface area (Å²) in [6, 6.07) is 15.2. The van der Waals surface area contributed by atoms with Crippen molar-refractivity contribution in [3.05, 3.63) is 64.7 Å². The Kier molecular flexibility index (Phi) is 6.02. The normalized spacial score (nSPS) is 12.1. The largest absolute Gasteiger partial charge is 0.491 e. The van der Waals surface area contributed by atoms with E-state index < -0.39 is 0 Å². The minimum Gasteiger partial charge on any atom is -0.491 e. The lowest BCUT2D eigenvalue weighted by molar-refractivity contribution is 0.145. The maximum absolute atomic E-state index is 6.06. The van der Waals surface area contributed by atoms with Crippen molar-refractivity contribution in [1.29, 1.82) is 0 Å². The number of ether oxygens (including phenoxy) is 2. The average Bonchev–Trinajstić information content (AvgIpc) is 2.50. The summed E-state index contributed by atoms with van der Waals surface area (Å²) in [6.07, 6.45) is 0. The molecule has 2 aromatic carbocycles. The zero-order valence-corrected chi connectivity index (χ0v) is 12.6. The van der Waals surface area contributed by atoms with Gasteiger partial charge in [0.1, 0.15) is 12.4 Å². The van der Waals surface area contributed by atoms with Crippen LogP contribution in [0.3, 0.4) is 0 Å². The molecule has 1 atom stereocenters. The van der Waals surface area contributed by atoms with Gasteiger partial charge >= 0.3 is 0 Å². The standard InChI is InChI=1S/C16H19ClN2O2/c1-20-9-10-21-15-8-3-2-7-14(15)16(19-18)12-5-4-6-13(17)11-12/h2-8,11,16,19H,9-10,18H2,1H3. The molecule has 0 saturated carbocycles. The first-order chi connectivity index (χ1) is 10.3. The lowest BCUT2D eigenvalue weighted by Gasteiger charge is -2.20. The average molecular weight is 307 g/mol. The predicted molar refractivity (Wildman–Crippen MR) is 84.4 cm³/mol. The van der Waals surface area contributed by atoms with Crippen LogP contribution in [0.25, 0.3) is 0 Å². The fourth-order valence-corrected chi connectivity index (χ4v) is 2.34. The summed E-state index contributed by atoms with van der Waals surface area (Å²) in [5.41, 5.74) is 4.76. The van der Waals surface area contributed by atoms with Crippen LogP contribution >= 0.6 is 11.6 Å². The molecule has 3 N–H and O–H groups in total. The molecule has 0 saturated heterocycles. The second kappa shape index (κ2) is 8.00. The molecule has 5 heteroatoms. The Bertz CT molecular complexity index is 578. The zero-order valence-electron chi connectivity index (χ0n) is 11.9. The van der Waals surface area contributed by atoms with E-state index in [0.717, 1.165) is 16.9 Å². The summed E-state index contributed by atoms with van der Waals surface area (Å²) in [7, 11) is 1.64. The summed E-state index contributed by atoms with van der Waals surface area (Å²) >= 11 is 6.06. The molecule has 4 nitrogen and oxygen atoms in total. The fourth-order valence-electron chi connectivity index (χ4n) is 2.14. The molecule has 112 valence electrons. The highest BCUT2D eigenvalue weighted by molar-refractivity contribution is 6.30. The number of hydrazine groups is 1. The summed E-state index contributed by atoms with van der Waals surface area (Å²) in [6.45, 7) is 1.02. The van der Waals surface area contributed by atoms with Gasteiger partial charge in [-0.15, -0.1) is 0 Å². The number of halogens is 1. The minimum atomic E-state index is -0.192. The second-order valence-electron chi connectivity index (χ2n) is 4.53. The van der Waals surface area contributed by atoms with Gasteiger partial charge in [0, 0.05) is 17.7 Å². The molecular formula is C16H19ClN2O2. The summed E-state index contributed by atoms with van der Waals surface area (Å²) in [5.74, 6) is 6.51. The van der Waals surface area contributed by atoms with Crippen molar-refractivity contribution < 1.29 is 9.47 Å². The SMILES string of the molecule is COCCOc1ccccc1C(NN)c1cccc(Cl)c1. The molecule has 0 aromatic heterocycles. The lowest BCUT2D eigenvalue weighted by Crippen LogP contribution is -2.29. The molecule has 0 aliphatic carbocycles. The van der Waals surface area contributed by atoms with E-state index in [1.54, 1.807) is 7.11 Å². The quantitative estimate of drug-likeness (QED) is 0.469. The van der Waals surface area contributed by atoms with Gasteiger partial charge in [0.15, 0.2) is 0 Å². The molecule has 1 unspecified atom stereocenters. The number of para-hydroxylation sites is 1. The molecule has 0 radical (unpaired) electrons. The number of rotatable bonds is 7. The van der Waals surface area contributed by atoms with Gasteiger partial charge in [0.25, 0.3) is 0 Å². The number of methoxy groups -OCH3 is 1. The molecule has 2 rings (SSSR count). The van der Waals surface area contributed by atoms with Crippen LogP contribution in [0.4, 0.5) is 0 Å². The van der Waals surface area contributed by atoms with Crippen LogP contribution in [-0.2, 0) is 4.74 Å². The monoisotopic (exact) mass is 306 g/mol. The molecule has 0 aliphatic rings. The summed E-state index contributed by atoms with van der Waals surface area (Å²) < 4.78 is 10.8. The number of nitrogens with two attached hydrogens (primary N) is 1. The first-order valence-electron chi connectivity index (χ1n) is 6.68. The maximum Gasteiger partial charge on any atom is 0.124 e. The molecule has 2 aromatic rings. The van der Waals surface area contributed by atoms with Gasteiger partial charge in [-0.25, -0.2) is 5.43 Å². The number of nitrogens with one attached hydrogen (secondary N) is 1. The molecule has 0 heterocycles. The van der Waals surface area contributed by atoms with Gasteiger partial charge in [0.05, 0.1) is 12.6 Å². The predicted octanol–water partition coefficient (Wildman–Crippen LogP) is 2.92. The van der Waals surface area contributed by atoms with E-state index in [2.05, 4.69) is 5.43 Å². The highest BCUT2D eigenvalue weighted by atomic mass is 35.5. The lowest BCUT2D eigenvalue weighted by atomic mass is 9.98. The van der Waals surface area contributed by atoms with Gasteiger partial charge in [0.2, 0.25) is 0 Å². The molecular weight excluding hydrogens is 288 g/mol. The van der Waals surface area contributed by atoms with E-state index in [4.69, 9.17) is 26.9 Å². The molecule has 0 bridgehead atoms. The highest BCUT2D eigenvalue weighted by Crippen LogP contribution is 2.30. The van der Waals surface area contributed by atoms with E-state index in [-0.39, 0.29) is 6.04 Å². The Hall–Kier alpha value is -1.59. The third-order valence-corrected chi connectivity index (χ3v) is 3.36. The number of hydrogen-bond donors (Lipinski definition) is 2. The highest BCUT2D eigenvalue weighted by Gasteiger charge is 2.17. The third kappa shape index (κ3) is 4.19. The second-order valence-corrected chi connectivity index (χ2v) is 4.97. The van der Waals surface area contributed by atoms with Gasteiger partial charge in [-0.05, 0) is 23.8 Å². The van der Waals surface area contributed by atoms with Crippen molar-refractivity contribution in [3.63, 3.8) is 0 Å². The van der Waals surface area contributed by atoms with E-state index in [1.165, 1.54) is 0 Å². The van der Waals surface area contributed by atoms with Crippen molar-refractivity contribution in [2.45, 2.75) is 6.04 Å². The zero-order chi connectivity index (χ0) is 15.1. The smallest absolute Gasteiger partial charge is 0.124 e. The van der Waals surface area contributed by atoms with Gasteiger partial charge in [-0.1, -0.05) is 41.9 Å². The molecule has 0 aliphatic heterocycles. The first-order valence-corrected chi connectivity index (χ1v) is 7.06. The fraction of sp³-hybridized carbons (Fsp3) is 0.250. The summed E-state index contributed by atoms with van der Waals surface area (Å²) in [5, 5.41) is 0.672. The van der Waals surface area contributed by atoms with Crippen molar-refractivity contribution >= 4 is 11.6 Å². The topological polar surface area (TPSA) is 56.5 Å². The van der Waals surface area contributed by atoms with Crippen molar-refractivity contribution in [2.24, 2.45) is 5.84 Å². The van der Waals surface area contributed by atoms with Crippen LogP contribution in [0.15, 0.2) is 48.5 Å². The Balaban J connectivity index is 2.29. The molecule has 0 spiro atoms. The summed E-state index contributed by atoms with van der Waals surface area (Å²) in [4.78, 5) is 0. The molecule has 0 amide bonds. The third-order valence-electron chi connectivity index (χ3n) is 3.12. The molecule has 21 heavy (non-hydrogen) atoms. The van der Waals surface area contributed by atoms with Crippen molar-refractivity contribution in [1.82, 2.24) is 5.43 Å². The van der Waals surface area contributed by atoms with E-state index in [0.29, 0.717) is 18.2 Å². The Labute approximate surface area is 129 Å². The van der Waals surface area contributed by atoms with E-state index in [9.17, 15) is 0 Å². The minimum absolute atomic E-state index is 0.192. The van der Waals surface area contributed by atoms with Crippen molar-refractivity contribution in [3.8, 4) is 5.75 Å². The Morgan fingerprint density at radius 2 is 1.95 bits per heavy atom. The van der Waals surface area contributed by atoms with Crippen LogP contribution in [0.2, 0.25) is 5.02 Å². The van der Waals surface area contributed by atoms with Crippen molar-refractivity contribution in [2.75, 3.05) is 20.3 Å². The Morgan fingerprint density at radius 3 is 2.67 bits per heavy atom. The maximum atomic E-state index is 6.06.